The van der Waals surface area contributed by atoms with Gasteiger partial charge in [-0.05, 0) is 80.3 Å². The van der Waals surface area contributed by atoms with Gasteiger partial charge in [0.15, 0.2) is 5.76 Å². The van der Waals surface area contributed by atoms with Crippen LogP contribution >= 0.6 is 23.2 Å². The predicted molar refractivity (Wildman–Crippen MR) is 239 cm³/mol. The van der Waals surface area contributed by atoms with Gasteiger partial charge >= 0.3 is 0 Å². The highest BCUT2D eigenvalue weighted by molar-refractivity contribution is 6.31. The monoisotopic (exact) mass is 877 g/mol. The fourth-order valence-electron chi connectivity index (χ4n) is 9.23. The molecule has 4 aromatic carbocycles. The molecule has 11 rings (SSSR count). The summed E-state index contributed by atoms with van der Waals surface area (Å²) in [7, 11) is 3.17. The molecule has 2 aliphatic heterocycles. The van der Waals surface area contributed by atoms with Crippen LogP contribution in [-0.2, 0) is 0 Å². The van der Waals surface area contributed by atoms with E-state index in [4.69, 9.17) is 47.1 Å². The van der Waals surface area contributed by atoms with Crippen molar-refractivity contribution in [3.8, 4) is 34.3 Å². The molecule has 9 aromatic rings. The number of oxazole rings is 1. The van der Waals surface area contributed by atoms with Gasteiger partial charge in [-0.25, -0.2) is 24.9 Å². The number of fused-ring (bicyclic) bond motifs is 4. The van der Waals surface area contributed by atoms with Crippen LogP contribution in [0.5, 0.6) is 11.5 Å². The van der Waals surface area contributed by atoms with E-state index in [-0.39, 0.29) is 45.6 Å². The molecule has 0 unspecified atom stereocenters. The molecule has 0 spiro atoms. The van der Waals surface area contributed by atoms with E-state index in [1.807, 2.05) is 82.6 Å². The van der Waals surface area contributed by atoms with Crippen LogP contribution in [0.1, 0.15) is 70.4 Å². The van der Waals surface area contributed by atoms with Crippen LogP contribution < -0.4 is 9.47 Å². The van der Waals surface area contributed by atoms with E-state index in [0.29, 0.717) is 69.7 Å². The Kier molecular flexibility index (Phi) is 9.50. The van der Waals surface area contributed by atoms with Crippen LogP contribution in [0.25, 0.3) is 66.4 Å². The lowest BCUT2D eigenvalue weighted by Gasteiger charge is -2.23. The Bertz CT molecular complexity index is 3310. The zero-order chi connectivity index (χ0) is 42.9. The third-order valence-electron chi connectivity index (χ3n) is 12.2. The predicted octanol–water partition coefficient (Wildman–Crippen LogP) is 10.1. The van der Waals surface area contributed by atoms with Crippen molar-refractivity contribution in [1.29, 1.82) is 0 Å². The molecular weight excluding hydrogens is 841 g/mol. The number of benzene rings is 4. The maximum absolute atomic E-state index is 14.2. The van der Waals surface area contributed by atoms with Crippen molar-refractivity contribution in [3.63, 3.8) is 0 Å². The van der Waals surface area contributed by atoms with Crippen LogP contribution in [0.2, 0.25) is 10.3 Å². The van der Waals surface area contributed by atoms with Crippen LogP contribution in [0.15, 0.2) is 95.5 Å². The zero-order valence-corrected chi connectivity index (χ0v) is 35.5. The van der Waals surface area contributed by atoms with E-state index in [1.165, 1.54) is 0 Å². The number of carbonyl (C=O) groups excluding carboxylic acids is 2. The van der Waals surface area contributed by atoms with Crippen LogP contribution in [0.4, 0.5) is 0 Å². The Morgan fingerprint density at radius 2 is 1.27 bits per heavy atom. The van der Waals surface area contributed by atoms with Gasteiger partial charge in [0.1, 0.15) is 50.4 Å². The maximum atomic E-state index is 14.2. The minimum absolute atomic E-state index is 0.215. The van der Waals surface area contributed by atoms with Gasteiger partial charge < -0.3 is 33.7 Å². The van der Waals surface area contributed by atoms with Gasteiger partial charge in [-0.1, -0.05) is 53.5 Å². The van der Waals surface area contributed by atoms with E-state index in [0.717, 1.165) is 58.6 Å². The van der Waals surface area contributed by atoms with Crippen molar-refractivity contribution in [1.82, 2.24) is 44.7 Å². The first-order valence-corrected chi connectivity index (χ1v) is 21.3. The summed E-state index contributed by atoms with van der Waals surface area (Å²) < 4.78 is 17.5. The highest BCUT2D eigenvalue weighted by Crippen LogP contribution is 2.39. The van der Waals surface area contributed by atoms with E-state index in [9.17, 15) is 9.59 Å². The average molecular weight is 879 g/mol. The molecule has 0 bridgehead atoms. The molecule has 0 radical (unpaired) electrons. The van der Waals surface area contributed by atoms with Gasteiger partial charge in [0, 0.05) is 40.2 Å². The largest absolute Gasteiger partial charge is 0.496 e. The second kappa shape index (κ2) is 15.4. The Balaban J connectivity index is 0.860. The van der Waals surface area contributed by atoms with Gasteiger partial charge in [0.05, 0.1) is 54.6 Å². The minimum atomic E-state index is -0.309. The van der Waals surface area contributed by atoms with Gasteiger partial charge in [-0.2, -0.15) is 0 Å². The fraction of sp³-hybridized carbons (Fsp3) is 0.213. The van der Waals surface area contributed by atoms with Crippen molar-refractivity contribution >= 4 is 78.6 Å². The molecule has 7 heterocycles. The number of carbonyl (C=O) groups is 2. The van der Waals surface area contributed by atoms with Crippen molar-refractivity contribution in [3.05, 3.63) is 124 Å². The maximum Gasteiger partial charge on any atom is 0.273 e. The number of nitrogens with zero attached hydrogens (tertiary/aromatic N) is 7. The number of likely N-dealkylation sites (tertiary alicyclic amines) is 2. The Hall–Kier alpha value is -7.03. The Morgan fingerprint density at radius 1 is 0.683 bits per heavy atom. The lowest BCUT2D eigenvalue weighted by Crippen LogP contribution is -2.32. The van der Waals surface area contributed by atoms with Crippen LogP contribution in [0.3, 0.4) is 0 Å². The molecule has 16 heteroatoms. The summed E-state index contributed by atoms with van der Waals surface area (Å²) in [6.45, 7) is 1.10. The number of methoxy groups -OCH3 is 2. The van der Waals surface area contributed by atoms with Crippen molar-refractivity contribution < 1.29 is 23.5 Å². The first kappa shape index (κ1) is 38.9. The summed E-state index contributed by atoms with van der Waals surface area (Å²) in [4.78, 5) is 62.6. The van der Waals surface area contributed by atoms with Gasteiger partial charge in [-0.15, -0.1) is 0 Å². The van der Waals surface area contributed by atoms with Crippen molar-refractivity contribution in [2.45, 2.75) is 37.8 Å². The summed E-state index contributed by atoms with van der Waals surface area (Å²) in [6, 6.07) is 25.6. The number of halogens is 2. The lowest BCUT2D eigenvalue weighted by molar-refractivity contribution is 0.0719. The number of aromatic amines is 2. The molecule has 63 heavy (non-hydrogen) atoms. The van der Waals surface area contributed by atoms with E-state index >= 15 is 0 Å². The zero-order valence-electron chi connectivity index (χ0n) is 34.0. The quantitative estimate of drug-likeness (QED) is 0.140. The Morgan fingerprint density at radius 3 is 1.89 bits per heavy atom. The topological polar surface area (TPSA) is 168 Å². The number of ether oxygens (including phenoxy) is 2. The number of hydrogen-bond acceptors (Lipinski definition) is 10. The summed E-state index contributed by atoms with van der Waals surface area (Å²) in [5, 5.41) is 3.23. The highest BCUT2D eigenvalue weighted by Gasteiger charge is 2.36. The van der Waals surface area contributed by atoms with Crippen molar-refractivity contribution in [2.75, 3.05) is 27.3 Å². The lowest BCUT2D eigenvalue weighted by atomic mass is 10.1. The molecule has 0 aliphatic carbocycles. The number of para-hydroxylation sites is 1. The molecule has 2 saturated heterocycles. The summed E-state index contributed by atoms with van der Waals surface area (Å²) >= 11 is 12.9. The van der Waals surface area contributed by atoms with Gasteiger partial charge in [-0.3, -0.25) is 9.59 Å². The van der Waals surface area contributed by atoms with E-state index < -0.39 is 0 Å². The molecule has 5 aromatic heterocycles. The molecule has 2 aliphatic rings. The van der Waals surface area contributed by atoms with Gasteiger partial charge in [0.2, 0.25) is 5.89 Å². The highest BCUT2D eigenvalue weighted by atomic mass is 35.5. The second-order valence-electron chi connectivity index (χ2n) is 15.7. The standard InChI is InChI=1S/C47H37Cl2N9O5/c1-61-35-14-4-8-25-28(35)21-38(48)54-41(25)46(59)57-18-6-12-33(57)43-51-30-17-16-24(20-32(30)53-43)37-23-50-45(63-37)27-10-3-11-31-40(27)56-44(52-31)34-13-7-19-58(34)47(60)42-26-9-5-15-36(62-2)29(26)22-39(49)55-42/h3-5,8-11,14-17,20-23,33-34H,6-7,12-13,18-19H2,1-2H3,(H,51,53)(H,52,56)/t33-,34-/m0/s1. The summed E-state index contributed by atoms with van der Waals surface area (Å²) in [5.41, 5.74) is 5.08. The third kappa shape index (κ3) is 6.59. The Labute approximate surface area is 369 Å². The molecule has 2 fully saturated rings. The van der Waals surface area contributed by atoms with Crippen molar-refractivity contribution in [2.24, 2.45) is 0 Å². The molecular formula is C47H37Cl2N9O5. The SMILES string of the molecule is COc1cccc2c(C(=O)N3CCC[C@H]3c3nc4cc(-c5cnc(-c6cccc7[nH]c([C@@H]8CCCN8C(=O)c8nc(Cl)cc9c(OC)cccc89)nc67)o5)ccc4[nH]3)nc(Cl)cc12. The number of amides is 2. The summed E-state index contributed by atoms with van der Waals surface area (Å²) in [6.07, 6.45) is 4.78. The normalized spacial score (nSPS) is 16.6. The first-order chi connectivity index (χ1) is 30.8. The first-order valence-electron chi connectivity index (χ1n) is 20.6. The molecule has 0 saturated carbocycles. The number of pyridine rings is 2. The molecule has 2 N–H and O–H groups in total. The molecule has 14 nitrogen and oxygen atoms in total. The summed E-state index contributed by atoms with van der Waals surface area (Å²) in [5.74, 6) is 3.11. The number of H-pyrrole nitrogens is 2. The molecule has 314 valence electrons. The second-order valence-corrected chi connectivity index (χ2v) is 16.5. The van der Waals surface area contributed by atoms with Crippen LogP contribution in [0, 0.1) is 0 Å². The molecule has 2 amide bonds. The minimum Gasteiger partial charge on any atom is -0.496 e. The number of rotatable bonds is 8. The average Bonchev–Trinajstić information content (AvgIpc) is 4.16. The van der Waals surface area contributed by atoms with Gasteiger partial charge in [0.25, 0.3) is 11.8 Å². The number of aromatic nitrogens is 7. The fourth-order valence-corrected chi connectivity index (χ4v) is 9.62. The van der Waals surface area contributed by atoms with E-state index in [1.54, 1.807) is 32.5 Å². The number of hydrogen-bond donors (Lipinski definition) is 2. The van der Waals surface area contributed by atoms with Crippen LogP contribution in [-0.4, -0.2) is 83.8 Å². The number of nitrogens with one attached hydrogen (secondary N) is 2. The van der Waals surface area contributed by atoms with E-state index in [2.05, 4.69) is 24.9 Å². The molecule has 2 atom stereocenters. The number of imidazole rings is 2. The third-order valence-corrected chi connectivity index (χ3v) is 12.6. The smallest absolute Gasteiger partial charge is 0.273 e.